The Bertz CT molecular complexity index is 1080. The SMILES string of the molecule is COc1ccc(CCOC(=O)CCNS(=O)(=O)c2ccc3ccccc3c2)cc1. The maximum atomic E-state index is 12.4. The minimum atomic E-state index is -3.69. The number of fused-ring (bicyclic) bond motifs is 1. The normalized spacial score (nSPS) is 11.3. The van der Waals surface area contributed by atoms with Gasteiger partial charge in [0.1, 0.15) is 5.75 Å². The minimum absolute atomic E-state index is 0.0173. The largest absolute Gasteiger partial charge is 0.497 e. The van der Waals surface area contributed by atoms with E-state index in [1.54, 1.807) is 25.3 Å². The van der Waals surface area contributed by atoms with Crippen LogP contribution in [-0.4, -0.2) is 34.6 Å². The smallest absolute Gasteiger partial charge is 0.307 e. The average molecular weight is 413 g/mol. The van der Waals surface area contributed by atoms with Gasteiger partial charge in [0.25, 0.3) is 0 Å². The summed E-state index contributed by atoms with van der Waals surface area (Å²) in [4.78, 5) is 12.0. The van der Waals surface area contributed by atoms with Crippen LogP contribution in [0.1, 0.15) is 12.0 Å². The number of ether oxygens (including phenoxy) is 2. The van der Waals surface area contributed by atoms with Crippen molar-refractivity contribution in [1.29, 1.82) is 0 Å². The van der Waals surface area contributed by atoms with Gasteiger partial charge in [-0.2, -0.15) is 0 Å². The molecule has 0 unspecified atom stereocenters. The number of hydrogen-bond acceptors (Lipinski definition) is 5. The first-order valence-electron chi connectivity index (χ1n) is 9.25. The highest BCUT2D eigenvalue weighted by Gasteiger charge is 2.15. The van der Waals surface area contributed by atoms with E-state index >= 15 is 0 Å². The van der Waals surface area contributed by atoms with Gasteiger partial charge in [-0.3, -0.25) is 4.79 Å². The Labute approximate surface area is 170 Å². The van der Waals surface area contributed by atoms with Crippen molar-refractivity contribution in [1.82, 2.24) is 4.72 Å². The van der Waals surface area contributed by atoms with Crippen molar-refractivity contribution in [3.8, 4) is 5.75 Å². The molecule has 3 aromatic rings. The molecule has 0 radical (unpaired) electrons. The Morgan fingerprint density at radius 1 is 0.966 bits per heavy atom. The second kappa shape index (κ2) is 9.54. The molecule has 1 N–H and O–H groups in total. The van der Waals surface area contributed by atoms with Crippen LogP contribution in [0, 0.1) is 0 Å². The summed E-state index contributed by atoms with van der Waals surface area (Å²) in [6, 6.07) is 20.0. The monoisotopic (exact) mass is 413 g/mol. The number of hydrogen-bond donors (Lipinski definition) is 1. The molecule has 7 heteroatoms. The molecule has 0 saturated carbocycles. The van der Waals surface area contributed by atoms with Crippen molar-refractivity contribution >= 4 is 26.8 Å². The molecule has 0 heterocycles. The number of esters is 1. The van der Waals surface area contributed by atoms with Gasteiger partial charge in [0.15, 0.2) is 0 Å². The highest BCUT2D eigenvalue weighted by Crippen LogP contribution is 2.18. The van der Waals surface area contributed by atoms with E-state index in [-0.39, 0.29) is 24.5 Å². The zero-order chi connectivity index (χ0) is 20.7. The summed E-state index contributed by atoms with van der Waals surface area (Å²) < 4.78 is 37.6. The molecular formula is C22H23NO5S. The Morgan fingerprint density at radius 2 is 1.69 bits per heavy atom. The highest BCUT2D eigenvalue weighted by molar-refractivity contribution is 7.89. The number of nitrogens with one attached hydrogen (secondary N) is 1. The van der Waals surface area contributed by atoms with Gasteiger partial charge in [0, 0.05) is 13.0 Å². The Hall–Kier alpha value is -2.90. The van der Waals surface area contributed by atoms with Crippen molar-refractivity contribution in [2.45, 2.75) is 17.7 Å². The zero-order valence-corrected chi connectivity index (χ0v) is 16.9. The van der Waals surface area contributed by atoms with E-state index in [0.717, 1.165) is 22.1 Å². The molecular weight excluding hydrogens is 390 g/mol. The molecule has 0 aliphatic heterocycles. The first-order valence-corrected chi connectivity index (χ1v) is 10.7. The zero-order valence-electron chi connectivity index (χ0n) is 16.1. The Kier molecular flexibility index (Phi) is 6.85. The quantitative estimate of drug-likeness (QED) is 0.545. The fourth-order valence-corrected chi connectivity index (χ4v) is 3.92. The van der Waals surface area contributed by atoms with Gasteiger partial charge in [-0.05, 0) is 40.6 Å². The highest BCUT2D eigenvalue weighted by atomic mass is 32.2. The lowest BCUT2D eigenvalue weighted by atomic mass is 10.1. The lowest BCUT2D eigenvalue weighted by Crippen LogP contribution is -2.27. The van der Waals surface area contributed by atoms with Crippen LogP contribution in [0.5, 0.6) is 5.75 Å². The van der Waals surface area contributed by atoms with E-state index in [1.807, 2.05) is 48.5 Å². The van der Waals surface area contributed by atoms with E-state index < -0.39 is 16.0 Å². The molecule has 0 bridgehead atoms. The fourth-order valence-electron chi connectivity index (χ4n) is 2.85. The van der Waals surface area contributed by atoms with Crippen molar-refractivity contribution in [3.63, 3.8) is 0 Å². The summed E-state index contributed by atoms with van der Waals surface area (Å²) in [6.07, 6.45) is 0.550. The maximum absolute atomic E-state index is 12.4. The number of rotatable bonds is 9. The molecule has 0 saturated heterocycles. The standard InChI is InChI=1S/C22H23NO5S/c1-27-20-9-6-17(7-10-20)13-15-28-22(24)12-14-23-29(25,26)21-11-8-18-4-2-3-5-19(18)16-21/h2-11,16,23H,12-15H2,1H3. The lowest BCUT2D eigenvalue weighted by Gasteiger charge is -2.08. The molecule has 3 aromatic carbocycles. The van der Waals surface area contributed by atoms with Gasteiger partial charge in [-0.15, -0.1) is 0 Å². The molecule has 6 nitrogen and oxygen atoms in total. The third-order valence-electron chi connectivity index (χ3n) is 4.47. The number of benzene rings is 3. The molecule has 0 aliphatic carbocycles. The fraction of sp³-hybridized carbons (Fsp3) is 0.227. The number of carbonyl (C=O) groups excluding carboxylic acids is 1. The predicted octanol–water partition coefficient (Wildman–Crippen LogP) is 3.30. The van der Waals surface area contributed by atoms with Crippen molar-refractivity contribution in [3.05, 3.63) is 72.3 Å². The summed E-state index contributed by atoms with van der Waals surface area (Å²) in [5.74, 6) is 0.323. The average Bonchev–Trinajstić information content (AvgIpc) is 2.73. The summed E-state index contributed by atoms with van der Waals surface area (Å²) in [6.45, 7) is 0.221. The third kappa shape index (κ3) is 5.79. The molecule has 0 fully saturated rings. The van der Waals surface area contributed by atoms with E-state index in [9.17, 15) is 13.2 Å². The van der Waals surface area contributed by atoms with Gasteiger partial charge in [-0.25, -0.2) is 13.1 Å². The molecule has 3 rings (SSSR count). The molecule has 0 spiro atoms. The van der Waals surface area contributed by atoms with Crippen LogP contribution in [0.25, 0.3) is 10.8 Å². The predicted molar refractivity (Wildman–Crippen MR) is 111 cm³/mol. The van der Waals surface area contributed by atoms with Crippen LogP contribution < -0.4 is 9.46 Å². The molecule has 0 atom stereocenters. The minimum Gasteiger partial charge on any atom is -0.497 e. The Balaban J connectivity index is 1.44. The van der Waals surface area contributed by atoms with Crippen LogP contribution in [0.2, 0.25) is 0 Å². The van der Waals surface area contributed by atoms with Gasteiger partial charge in [0.2, 0.25) is 10.0 Å². The molecule has 0 amide bonds. The first-order chi connectivity index (χ1) is 14.0. The topological polar surface area (TPSA) is 81.7 Å². The van der Waals surface area contributed by atoms with Gasteiger partial charge < -0.3 is 9.47 Å². The number of carbonyl (C=O) groups is 1. The number of sulfonamides is 1. The van der Waals surface area contributed by atoms with E-state index in [1.165, 1.54) is 0 Å². The summed E-state index contributed by atoms with van der Waals surface area (Å²) in [5, 5.41) is 1.81. The second-order valence-electron chi connectivity index (χ2n) is 6.48. The molecule has 29 heavy (non-hydrogen) atoms. The summed E-state index contributed by atoms with van der Waals surface area (Å²) in [5.41, 5.74) is 1.02. The van der Waals surface area contributed by atoms with E-state index in [2.05, 4.69) is 4.72 Å². The molecule has 152 valence electrons. The van der Waals surface area contributed by atoms with Crippen LogP contribution in [0.15, 0.2) is 71.6 Å². The summed E-state index contributed by atoms with van der Waals surface area (Å²) >= 11 is 0. The number of methoxy groups -OCH3 is 1. The van der Waals surface area contributed by atoms with E-state index in [4.69, 9.17) is 9.47 Å². The maximum Gasteiger partial charge on any atom is 0.307 e. The van der Waals surface area contributed by atoms with Crippen molar-refractivity contribution in [2.75, 3.05) is 20.3 Å². The van der Waals surface area contributed by atoms with Crippen LogP contribution >= 0.6 is 0 Å². The molecule has 0 aromatic heterocycles. The molecule has 0 aliphatic rings. The van der Waals surface area contributed by atoms with Crippen LogP contribution in [0.3, 0.4) is 0 Å². The van der Waals surface area contributed by atoms with Crippen LogP contribution in [0.4, 0.5) is 0 Å². The third-order valence-corrected chi connectivity index (χ3v) is 5.92. The summed E-state index contributed by atoms with van der Waals surface area (Å²) in [7, 11) is -2.08. The first kappa shape index (κ1) is 20.8. The van der Waals surface area contributed by atoms with Crippen LogP contribution in [-0.2, 0) is 26.0 Å². The van der Waals surface area contributed by atoms with E-state index in [0.29, 0.717) is 6.42 Å². The second-order valence-corrected chi connectivity index (χ2v) is 8.24. The van der Waals surface area contributed by atoms with Gasteiger partial charge in [-0.1, -0.05) is 42.5 Å². The van der Waals surface area contributed by atoms with Crippen molar-refractivity contribution < 1.29 is 22.7 Å². The Morgan fingerprint density at radius 3 is 2.41 bits per heavy atom. The van der Waals surface area contributed by atoms with Crippen molar-refractivity contribution in [2.24, 2.45) is 0 Å². The lowest BCUT2D eigenvalue weighted by molar-refractivity contribution is -0.143. The van der Waals surface area contributed by atoms with Gasteiger partial charge >= 0.3 is 5.97 Å². The van der Waals surface area contributed by atoms with Gasteiger partial charge in [0.05, 0.1) is 25.0 Å².